The quantitative estimate of drug-likeness (QED) is 0.235. The highest BCUT2D eigenvalue weighted by atomic mass is 15.2. The van der Waals surface area contributed by atoms with Gasteiger partial charge in [0.25, 0.3) is 0 Å². The summed E-state index contributed by atoms with van der Waals surface area (Å²) in [5.74, 6) is 0. The van der Waals surface area contributed by atoms with Crippen LogP contribution in [0.4, 0.5) is 17.1 Å². The number of hydrogen-bond acceptors (Lipinski definition) is 1. The zero-order valence-corrected chi connectivity index (χ0v) is 21.6. The smallest absolute Gasteiger partial charge is 0.0555 e. The maximum atomic E-state index is 2.51. The molecule has 0 amide bonds. The minimum absolute atomic E-state index is 0.112. The standard InChI is InChI=1S/C36H28N2/c1-36(2)30-15-8-9-16-34(30)38(35-22-25-21-24-11-6-7-14-27(24)29(25)23-31(35)36)33-18-10-17-32-28(33)19-20-37(32)26-12-4-3-5-13-26/h3-20,22-23H,21H2,1-2H3. The number of hydrogen-bond donors (Lipinski definition) is 0. The van der Waals surface area contributed by atoms with Gasteiger partial charge in [-0.05, 0) is 88.3 Å². The highest BCUT2D eigenvalue weighted by Gasteiger charge is 2.38. The lowest BCUT2D eigenvalue weighted by Crippen LogP contribution is -2.30. The maximum Gasteiger partial charge on any atom is 0.0555 e. The SMILES string of the molecule is CC1(C)c2ccccc2N(c2cccc3c2ccn3-c2ccccc2)c2cc3c(cc21)-c1ccccc1C3. The molecule has 182 valence electrons. The second-order valence-corrected chi connectivity index (χ2v) is 11.1. The molecule has 1 aliphatic heterocycles. The van der Waals surface area contributed by atoms with Gasteiger partial charge in [0, 0.05) is 22.7 Å². The van der Waals surface area contributed by atoms with Gasteiger partial charge in [0.15, 0.2) is 0 Å². The van der Waals surface area contributed by atoms with Gasteiger partial charge < -0.3 is 9.47 Å². The number of rotatable bonds is 2. The number of benzene rings is 5. The highest BCUT2D eigenvalue weighted by molar-refractivity contribution is 6.01. The molecule has 6 aromatic rings. The van der Waals surface area contributed by atoms with Crippen molar-refractivity contribution in [1.82, 2.24) is 4.57 Å². The van der Waals surface area contributed by atoms with Crippen LogP contribution in [-0.2, 0) is 11.8 Å². The fraction of sp³-hybridized carbons (Fsp3) is 0.111. The van der Waals surface area contributed by atoms with Crippen LogP contribution in [0, 0.1) is 0 Å². The van der Waals surface area contributed by atoms with Gasteiger partial charge in [0.1, 0.15) is 0 Å². The van der Waals surface area contributed by atoms with Gasteiger partial charge in [0.2, 0.25) is 0 Å². The number of nitrogens with zero attached hydrogens (tertiary/aromatic N) is 2. The summed E-state index contributed by atoms with van der Waals surface area (Å²) < 4.78 is 2.29. The number of anilines is 3. The fourth-order valence-corrected chi connectivity index (χ4v) is 6.75. The van der Waals surface area contributed by atoms with E-state index in [1.54, 1.807) is 0 Å². The molecule has 0 atom stereocenters. The van der Waals surface area contributed by atoms with E-state index in [1.807, 2.05) is 0 Å². The first-order valence-corrected chi connectivity index (χ1v) is 13.4. The van der Waals surface area contributed by atoms with E-state index in [4.69, 9.17) is 0 Å². The van der Waals surface area contributed by atoms with Crippen molar-refractivity contribution in [2.75, 3.05) is 4.90 Å². The molecule has 0 fully saturated rings. The summed E-state index contributed by atoms with van der Waals surface area (Å²) in [5.41, 5.74) is 14.4. The number of fused-ring (bicyclic) bond motifs is 6. The van der Waals surface area contributed by atoms with Crippen molar-refractivity contribution < 1.29 is 0 Å². The zero-order valence-electron chi connectivity index (χ0n) is 21.6. The second kappa shape index (κ2) is 7.72. The van der Waals surface area contributed by atoms with Crippen LogP contribution >= 0.6 is 0 Å². The van der Waals surface area contributed by atoms with E-state index in [9.17, 15) is 0 Å². The van der Waals surface area contributed by atoms with Crippen LogP contribution in [-0.4, -0.2) is 4.57 Å². The summed E-state index contributed by atoms with van der Waals surface area (Å²) in [6, 6.07) is 42.4. The lowest BCUT2D eigenvalue weighted by molar-refractivity contribution is 0.632. The van der Waals surface area contributed by atoms with E-state index in [2.05, 4.69) is 145 Å². The summed E-state index contributed by atoms with van der Waals surface area (Å²) in [6.45, 7) is 4.75. The molecule has 0 saturated heterocycles. The molecule has 2 heterocycles. The van der Waals surface area contributed by atoms with Crippen LogP contribution in [0.3, 0.4) is 0 Å². The molecular weight excluding hydrogens is 460 g/mol. The first-order valence-electron chi connectivity index (χ1n) is 13.4. The number of para-hydroxylation sites is 2. The van der Waals surface area contributed by atoms with Gasteiger partial charge in [0.05, 0.1) is 22.6 Å². The minimum Gasteiger partial charge on any atom is -0.316 e. The third-order valence-electron chi connectivity index (χ3n) is 8.63. The molecule has 1 aromatic heterocycles. The van der Waals surface area contributed by atoms with E-state index >= 15 is 0 Å². The van der Waals surface area contributed by atoms with Crippen LogP contribution in [0.1, 0.15) is 36.1 Å². The van der Waals surface area contributed by atoms with Crippen LogP contribution in [0.2, 0.25) is 0 Å². The summed E-state index contributed by atoms with van der Waals surface area (Å²) >= 11 is 0. The molecule has 2 nitrogen and oxygen atoms in total. The molecule has 0 N–H and O–H groups in total. The largest absolute Gasteiger partial charge is 0.316 e. The minimum atomic E-state index is -0.112. The van der Waals surface area contributed by atoms with Crippen LogP contribution in [0.25, 0.3) is 27.7 Å². The molecule has 0 radical (unpaired) electrons. The molecule has 0 unspecified atom stereocenters. The number of aromatic nitrogens is 1. The molecule has 2 heteroatoms. The van der Waals surface area contributed by atoms with E-state index < -0.39 is 0 Å². The van der Waals surface area contributed by atoms with Crippen molar-refractivity contribution in [2.24, 2.45) is 0 Å². The Balaban J connectivity index is 1.40. The summed E-state index contributed by atoms with van der Waals surface area (Å²) in [4.78, 5) is 2.51. The Morgan fingerprint density at radius 3 is 2.24 bits per heavy atom. The second-order valence-electron chi connectivity index (χ2n) is 11.1. The Hall–Kier alpha value is -4.56. The first kappa shape index (κ1) is 21.5. The maximum absolute atomic E-state index is 2.51. The van der Waals surface area contributed by atoms with Crippen LogP contribution in [0.5, 0.6) is 0 Å². The Labute approximate surface area is 223 Å². The predicted octanol–water partition coefficient (Wildman–Crippen LogP) is 9.31. The van der Waals surface area contributed by atoms with Crippen molar-refractivity contribution in [1.29, 1.82) is 0 Å². The third kappa shape index (κ3) is 2.89. The summed E-state index contributed by atoms with van der Waals surface area (Å²) in [6.07, 6.45) is 3.19. The highest BCUT2D eigenvalue weighted by Crippen LogP contribution is 2.55. The normalized spacial score (nSPS) is 14.6. The summed E-state index contributed by atoms with van der Waals surface area (Å²) in [5, 5.41) is 1.25. The van der Waals surface area contributed by atoms with Crippen molar-refractivity contribution in [3.63, 3.8) is 0 Å². The Bertz CT molecular complexity index is 1870. The Morgan fingerprint density at radius 2 is 1.34 bits per heavy atom. The third-order valence-corrected chi connectivity index (χ3v) is 8.63. The summed E-state index contributed by atoms with van der Waals surface area (Å²) in [7, 11) is 0. The van der Waals surface area contributed by atoms with Crippen molar-refractivity contribution in [2.45, 2.75) is 25.7 Å². The topological polar surface area (TPSA) is 8.17 Å². The Kier molecular flexibility index (Phi) is 4.37. The molecule has 0 spiro atoms. The Morgan fingerprint density at radius 1 is 0.579 bits per heavy atom. The average Bonchev–Trinajstić information content (AvgIpc) is 3.55. The van der Waals surface area contributed by atoms with Gasteiger partial charge in [-0.25, -0.2) is 0 Å². The van der Waals surface area contributed by atoms with Crippen molar-refractivity contribution >= 4 is 28.0 Å². The predicted molar refractivity (Wildman–Crippen MR) is 158 cm³/mol. The molecular formula is C36H28N2. The van der Waals surface area contributed by atoms with Crippen molar-refractivity contribution in [3.8, 4) is 16.8 Å². The molecule has 2 aliphatic rings. The molecule has 1 aliphatic carbocycles. The van der Waals surface area contributed by atoms with Crippen LogP contribution in [0.15, 0.2) is 121 Å². The molecule has 5 aromatic carbocycles. The van der Waals surface area contributed by atoms with Gasteiger partial charge >= 0.3 is 0 Å². The van der Waals surface area contributed by atoms with Gasteiger partial charge in [-0.2, -0.15) is 0 Å². The molecule has 38 heavy (non-hydrogen) atoms. The molecule has 0 saturated carbocycles. The molecule has 8 rings (SSSR count). The average molecular weight is 489 g/mol. The first-order chi connectivity index (χ1) is 18.6. The monoisotopic (exact) mass is 488 g/mol. The van der Waals surface area contributed by atoms with Gasteiger partial charge in [-0.1, -0.05) is 80.6 Å². The van der Waals surface area contributed by atoms with Crippen LogP contribution < -0.4 is 4.90 Å². The fourth-order valence-electron chi connectivity index (χ4n) is 6.75. The van der Waals surface area contributed by atoms with E-state index in [0.29, 0.717) is 0 Å². The lowest BCUT2D eigenvalue weighted by Gasteiger charge is -2.42. The van der Waals surface area contributed by atoms with Crippen molar-refractivity contribution in [3.05, 3.63) is 144 Å². The lowest BCUT2D eigenvalue weighted by atomic mass is 9.72. The van der Waals surface area contributed by atoms with Gasteiger partial charge in [-0.3, -0.25) is 0 Å². The van der Waals surface area contributed by atoms with E-state index in [1.165, 1.54) is 67.0 Å². The van der Waals surface area contributed by atoms with E-state index in [0.717, 1.165) is 6.42 Å². The van der Waals surface area contributed by atoms with E-state index in [-0.39, 0.29) is 5.41 Å². The van der Waals surface area contributed by atoms with Gasteiger partial charge in [-0.15, -0.1) is 0 Å². The molecule has 0 bridgehead atoms. The zero-order chi connectivity index (χ0) is 25.4.